The zero-order valence-electron chi connectivity index (χ0n) is 23.4. The Morgan fingerprint density at radius 1 is 1.13 bits per heavy atom. The lowest BCUT2D eigenvalue weighted by Gasteiger charge is -2.64. The van der Waals surface area contributed by atoms with Crippen molar-refractivity contribution in [2.24, 2.45) is 22.7 Å². The van der Waals surface area contributed by atoms with Gasteiger partial charge in [-0.25, -0.2) is 4.68 Å². The summed E-state index contributed by atoms with van der Waals surface area (Å²) in [6, 6.07) is 7.82. The summed E-state index contributed by atoms with van der Waals surface area (Å²) in [5.74, 6) is 1.66. The van der Waals surface area contributed by atoms with Gasteiger partial charge in [0.05, 0.1) is 30.5 Å². The number of fused-ring (bicyclic) bond motifs is 5. The van der Waals surface area contributed by atoms with Crippen LogP contribution in [0.3, 0.4) is 0 Å². The van der Waals surface area contributed by atoms with Gasteiger partial charge in [-0.3, -0.25) is 4.79 Å². The molecule has 1 N–H and O–H groups in total. The predicted molar refractivity (Wildman–Crippen MR) is 153 cm³/mol. The Bertz CT molecular complexity index is 1290. The standard InChI is InChI=1S/C31H41N3O3S/c1-6-37-26(35)30(4)15-9-14-29(3)23(30)13-17-31-19-28(2,16-12-24(29)31)25-20(31)18-34(33-25)27(38)32-21-10-7-8-11-22(21)36-5/h7-8,10-11,18,23-24H,6,9,12-17,19H2,1-5H3,(H,32,38)/t23-,24-,28-,29+,30+,31+/m0/s1. The van der Waals surface area contributed by atoms with Crippen LogP contribution in [-0.2, 0) is 20.4 Å². The van der Waals surface area contributed by atoms with E-state index >= 15 is 0 Å². The lowest BCUT2D eigenvalue weighted by molar-refractivity contribution is -0.180. The van der Waals surface area contributed by atoms with Crippen LogP contribution < -0.4 is 10.1 Å². The summed E-state index contributed by atoms with van der Waals surface area (Å²) in [7, 11) is 1.67. The van der Waals surface area contributed by atoms with E-state index in [-0.39, 0.29) is 22.2 Å². The fourth-order valence-electron chi connectivity index (χ4n) is 9.62. The summed E-state index contributed by atoms with van der Waals surface area (Å²) in [5.41, 5.74) is 3.35. The molecular weight excluding hydrogens is 494 g/mol. The van der Waals surface area contributed by atoms with E-state index in [0.29, 0.717) is 23.6 Å². The van der Waals surface area contributed by atoms with E-state index in [1.165, 1.54) is 24.1 Å². The SMILES string of the molecule is CCOC(=O)[C@]1(C)CCC[C@@]2(C)[C@@H]3CC[C@@]4(C)C[C@]3(CC[C@@H]21)c1cn(C(=S)Nc2ccccc2OC)nc14. The fourth-order valence-corrected chi connectivity index (χ4v) is 9.82. The van der Waals surface area contributed by atoms with Gasteiger partial charge in [0.2, 0.25) is 0 Å². The summed E-state index contributed by atoms with van der Waals surface area (Å²) in [6.45, 7) is 9.47. The third kappa shape index (κ3) is 3.46. The van der Waals surface area contributed by atoms with Crippen molar-refractivity contribution in [2.75, 3.05) is 19.0 Å². The molecule has 3 fully saturated rings. The number of hydrogen-bond donors (Lipinski definition) is 1. The topological polar surface area (TPSA) is 65.4 Å². The highest BCUT2D eigenvalue weighted by atomic mass is 32.1. The van der Waals surface area contributed by atoms with Crippen LogP contribution in [0.2, 0.25) is 0 Å². The van der Waals surface area contributed by atoms with E-state index in [4.69, 9.17) is 26.8 Å². The molecule has 4 aliphatic rings. The van der Waals surface area contributed by atoms with Crippen LogP contribution in [0.5, 0.6) is 5.75 Å². The second-order valence-electron chi connectivity index (χ2n) is 13.0. The van der Waals surface area contributed by atoms with Crippen LogP contribution >= 0.6 is 12.2 Å². The average Bonchev–Trinajstić information content (AvgIpc) is 3.42. The van der Waals surface area contributed by atoms with Crippen molar-refractivity contribution in [2.45, 2.75) is 89.9 Å². The first-order chi connectivity index (χ1) is 18.1. The number of methoxy groups -OCH3 is 1. The van der Waals surface area contributed by atoms with Crippen LogP contribution in [0.25, 0.3) is 0 Å². The van der Waals surface area contributed by atoms with Gasteiger partial charge < -0.3 is 14.8 Å². The van der Waals surface area contributed by atoms with Crippen molar-refractivity contribution in [1.82, 2.24) is 9.78 Å². The Hall–Kier alpha value is -2.41. The Morgan fingerprint density at radius 2 is 1.89 bits per heavy atom. The number of carbonyl (C=O) groups is 1. The molecule has 0 amide bonds. The zero-order valence-corrected chi connectivity index (χ0v) is 24.2. The van der Waals surface area contributed by atoms with Gasteiger partial charge >= 0.3 is 5.97 Å². The minimum Gasteiger partial charge on any atom is -0.495 e. The van der Waals surface area contributed by atoms with Gasteiger partial charge in [0, 0.05) is 22.6 Å². The molecule has 38 heavy (non-hydrogen) atoms. The third-order valence-corrected chi connectivity index (χ3v) is 11.4. The Morgan fingerprint density at radius 3 is 2.66 bits per heavy atom. The van der Waals surface area contributed by atoms with Gasteiger partial charge in [0.25, 0.3) is 0 Å². The van der Waals surface area contributed by atoms with E-state index in [1.807, 2.05) is 35.9 Å². The number of esters is 1. The molecule has 0 aliphatic heterocycles. The molecule has 1 aromatic heterocycles. The third-order valence-electron chi connectivity index (χ3n) is 11.1. The first-order valence-electron chi connectivity index (χ1n) is 14.3. The summed E-state index contributed by atoms with van der Waals surface area (Å²) >= 11 is 5.85. The van der Waals surface area contributed by atoms with Gasteiger partial charge in [0.1, 0.15) is 5.75 Å². The molecule has 1 spiro atoms. The smallest absolute Gasteiger partial charge is 0.312 e. The van der Waals surface area contributed by atoms with E-state index in [2.05, 4.69) is 32.3 Å². The van der Waals surface area contributed by atoms with Crippen molar-refractivity contribution < 1.29 is 14.3 Å². The van der Waals surface area contributed by atoms with Crippen molar-refractivity contribution in [3.05, 3.63) is 41.7 Å². The van der Waals surface area contributed by atoms with Gasteiger partial charge in [-0.2, -0.15) is 5.10 Å². The number of nitrogens with one attached hydrogen (secondary N) is 1. The highest BCUT2D eigenvalue weighted by Gasteiger charge is 2.68. The molecule has 3 saturated carbocycles. The summed E-state index contributed by atoms with van der Waals surface area (Å²) in [5, 5.41) is 9.07. The van der Waals surface area contributed by atoms with Crippen LogP contribution in [0.1, 0.15) is 90.3 Å². The highest BCUT2D eigenvalue weighted by molar-refractivity contribution is 7.80. The number of carbonyl (C=O) groups excluding carboxylic acids is 1. The number of benzene rings is 1. The molecule has 6 atom stereocenters. The number of nitrogens with zero attached hydrogens (tertiary/aromatic N) is 2. The fraction of sp³-hybridized carbons (Fsp3) is 0.645. The largest absolute Gasteiger partial charge is 0.495 e. The average molecular weight is 536 g/mol. The highest BCUT2D eigenvalue weighted by Crippen LogP contribution is 2.72. The van der Waals surface area contributed by atoms with Crippen molar-refractivity contribution >= 4 is 29.0 Å². The molecule has 2 bridgehead atoms. The molecular formula is C31H41N3O3S. The minimum atomic E-state index is -0.392. The van der Waals surface area contributed by atoms with Gasteiger partial charge in [0.15, 0.2) is 5.11 Å². The zero-order chi connectivity index (χ0) is 26.9. The van der Waals surface area contributed by atoms with Crippen LogP contribution in [0.15, 0.2) is 30.5 Å². The maximum absolute atomic E-state index is 13.3. The van der Waals surface area contributed by atoms with Crippen LogP contribution in [-0.4, -0.2) is 34.6 Å². The molecule has 6 rings (SSSR count). The lowest BCUT2D eigenvalue weighted by Crippen LogP contribution is -2.60. The maximum Gasteiger partial charge on any atom is 0.312 e. The number of rotatable bonds is 4. The van der Waals surface area contributed by atoms with E-state index in [1.54, 1.807) is 7.11 Å². The summed E-state index contributed by atoms with van der Waals surface area (Å²) in [6.07, 6.45) is 11.1. The first kappa shape index (κ1) is 25.8. The molecule has 0 radical (unpaired) electrons. The Balaban J connectivity index is 1.36. The van der Waals surface area contributed by atoms with Crippen molar-refractivity contribution in [3.8, 4) is 5.75 Å². The molecule has 7 heteroatoms. The molecule has 1 heterocycles. The summed E-state index contributed by atoms with van der Waals surface area (Å²) in [4.78, 5) is 13.3. The van der Waals surface area contributed by atoms with E-state index in [9.17, 15) is 4.79 Å². The maximum atomic E-state index is 13.3. The van der Waals surface area contributed by atoms with E-state index in [0.717, 1.165) is 50.0 Å². The molecule has 0 unspecified atom stereocenters. The van der Waals surface area contributed by atoms with Crippen LogP contribution in [0.4, 0.5) is 5.69 Å². The number of hydrogen-bond acceptors (Lipinski definition) is 5. The minimum absolute atomic E-state index is 0.0141. The molecule has 204 valence electrons. The van der Waals surface area contributed by atoms with Gasteiger partial charge in [-0.1, -0.05) is 32.4 Å². The molecule has 6 nitrogen and oxygen atoms in total. The number of ether oxygens (including phenoxy) is 2. The quantitative estimate of drug-likeness (QED) is 0.351. The monoisotopic (exact) mass is 535 g/mol. The molecule has 0 saturated heterocycles. The van der Waals surface area contributed by atoms with E-state index < -0.39 is 5.41 Å². The number of para-hydroxylation sites is 2. The number of thiocarbonyl (C=S) groups is 1. The first-order valence-corrected chi connectivity index (χ1v) is 14.7. The number of anilines is 1. The normalized spacial score (nSPS) is 37.0. The number of aromatic nitrogens is 2. The second kappa shape index (κ2) is 8.80. The Labute approximate surface area is 231 Å². The van der Waals surface area contributed by atoms with Gasteiger partial charge in [-0.05, 0) is 100 Å². The lowest BCUT2D eigenvalue weighted by atomic mass is 9.40. The summed E-state index contributed by atoms with van der Waals surface area (Å²) < 4.78 is 13.1. The predicted octanol–water partition coefficient (Wildman–Crippen LogP) is 6.62. The van der Waals surface area contributed by atoms with Gasteiger partial charge in [-0.15, -0.1) is 0 Å². The second-order valence-corrected chi connectivity index (χ2v) is 13.4. The van der Waals surface area contributed by atoms with Crippen molar-refractivity contribution in [1.29, 1.82) is 0 Å². The Kier molecular flexibility index (Phi) is 5.99. The van der Waals surface area contributed by atoms with Crippen LogP contribution in [0, 0.1) is 22.7 Å². The molecule has 2 aromatic rings. The molecule has 1 aromatic carbocycles. The van der Waals surface area contributed by atoms with Crippen molar-refractivity contribution in [3.63, 3.8) is 0 Å². The molecule has 4 aliphatic carbocycles.